The van der Waals surface area contributed by atoms with Gasteiger partial charge in [0.05, 0.1) is 12.4 Å². The largest absolute Gasteiger partial charge is 0.388 e. The first kappa shape index (κ1) is 27.1. The zero-order valence-electron chi connectivity index (χ0n) is 19.1. The molecule has 3 heterocycles. The van der Waals surface area contributed by atoms with Crippen LogP contribution in [-0.2, 0) is 20.4 Å². The van der Waals surface area contributed by atoms with Crippen molar-refractivity contribution in [1.29, 1.82) is 0 Å². The van der Waals surface area contributed by atoms with Gasteiger partial charge in [0.15, 0.2) is 23.2 Å². The zero-order chi connectivity index (χ0) is 26.3. The van der Waals surface area contributed by atoms with Gasteiger partial charge in [0, 0.05) is 19.8 Å². The highest BCUT2D eigenvalue weighted by molar-refractivity contribution is 7.72. The van der Waals surface area contributed by atoms with Crippen LogP contribution in [0, 0.1) is 0 Å². The van der Waals surface area contributed by atoms with Crippen LogP contribution in [0.1, 0.15) is 18.2 Å². The number of fused-ring (bicyclic) bond motifs is 1. The van der Waals surface area contributed by atoms with Crippen LogP contribution in [0.2, 0.25) is 5.28 Å². The van der Waals surface area contributed by atoms with Crippen LogP contribution in [0.15, 0.2) is 36.7 Å². The first-order chi connectivity index (χ1) is 16.8. The molecule has 1 aliphatic rings. The van der Waals surface area contributed by atoms with Gasteiger partial charge < -0.3 is 34.5 Å². The van der Waals surface area contributed by atoms with E-state index in [-0.39, 0.29) is 17.4 Å². The summed E-state index contributed by atoms with van der Waals surface area (Å²) in [7, 11) is -7.07. The Hall–Kier alpha value is -1.92. The van der Waals surface area contributed by atoms with E-state index in [9.17, 15) is 24.2 Å². The standard InChI is InChI=1S/C20H26ClN5O8P2/c1-25(9-12-5-3-2-4-6-12)17-14-18(24-20(21)23-17)26(10-22-14)19-16(28)15(27)13(34-19)7-8-35(29,30)11-36(31,32)33/h2-6,10,13,15-16,19,27-28H,7-9,11H2,1H3,(H,29,30)(H2,31,32,33)/t13-,15?,16+,19-/m1/s1. The number of imidazole rings is 1. The zero-order valence-corrected chi connectivity index (χ0v) is 21.6. The van der Waals surface area contributed by atoms with Crippen molar-refractivity contribution in [2.75, 3.05) is 24.0 Å². The van der Waals surface area contributed by atoms with E-state index in [2.05, 4.69) is 15.0 Å². The van der Waals surface area contributed by atoms with Crippen LogP contribution in [-0.4, -0.2) is 81.8 Å². The van der Waals surface area contributed by atoms with Gasteiger partial charge in [-0.3, -0.25) is 13.7 Å². The van der Waals surface area contributed by atoms with Gasteiger partial charge in [-0.25, -0.2) is 4.98 Å². The molecule has 2 aromatic heterocycles. The van der Waals surface area contributed by atoms with Crippen LogP contribution >= 0.6 is 26.6 Å². The monoisotopic (exact) mass is 561 g/mol. The fraction of sp³-hybridized carbons (Fsp3) is 0.450. The number of aliphatic hydroxyl groups excluding tert-OH is 2. The van der Waals surface area contributed by atoms with E-state index in [0.29, 0.717) is 17.9 Å². The van der Waals surface area contributed by atoms with Gasteiger partial charge in [0.1, 0.15) is 18.1 Å². The Morgan fingerprint density at radius 2 is 1.81 bits per heavy atom. The van der Waals surface area contributed by atoms with Crippen LogP contribution in [0.4, 0.5) is 5.82 Å². The summed E-state index contributed by atoms with van der Waals surface area (Å²) in [5, 5.41) is 21.1. The van der Waals surface area contributed by atoms with Gasteiger partial charge in [-0.15, -0.1) is 0 Å². The van der Waals surface area contributed by atoms with E-state index < -0.39 is 51.6 Å². The fourth-order valence-corrected chi connectivity index (χ4v) is 7.83. The number of ether oxygens (including phenoxy) is 1. The highest BCUT2D eigenvalue weighted by Gasteiger charge is 2.45. The van der Waals surface area contributed by atoms with Crippen molar-refractivity contribution >= 4 is 43.5 Å². The average molecular weight is 562 g/mol. The Kier molecular flexibility index (Phi) is 7.87. The molecule has 3 aromatic rings. The van der Waals surface area contributed by atoms with Crippen molar-refractivity contribution < 1.29 is 38.8 Å². The first-order valence-corrected chi connectivity index (χ1v) is 15.1. The molecule has 0 saturated carbocycles. The van der Waals surface area contributed by atoms with E-state index in [1.165, 1.54) is 10.9 Å². The lowest BCUT2D eigenvalue weighted by Crippen LogP contribution is -2.32. The molecule has 0 amide bonds. The van der Waals surface area contributed by atoms with E-state index in [1.54, 1.807) is 0 Å². The highest BCUT2D eigenvalue weighted by Crippen LogP contribution is 2.55. The molecule has 0 spiro atoms. The Morgan fingerprint density at radius 3 is 2.47 bits per heavy atom. The maximum atomic E-state index is 12.1. The van der Waals surface area contributed by atoms with Gasteiger partial charge >= 0.3 is 7.60 Å². The van der Waals surface area contributed by atoms with Crippen molar-refractivity contribution in [3.63, 3.8) is 0 Å². The molecule has 13 nitrogen and oxygen atoms in total. The second-order valence-electron chi connectivity index (χ2n) is 8.69. The van der Waals surface area contributed by atoms with E-state index in [0.717, 1.165) is 5.56 Å². The third-order valence-corrected chi connectivity index (χ3v) is 10.1. The molecular formula is C20H26ClN5O8P2. The van der Waals surface area contributed by atoms with E-state index >= 15 is 0 Å². The molecule has 4 rings (SSSR count). The lowest BCUT2D eigenvalue weighted by atomic mass is 10.1. The van der Waals surface area contributed by atoms with Crippen LogP contribution in [0.5, 0.6) is 0 Å². The van der Waals surface area contributed by atoms with Gasteiger partial charge in [0.25, 0.3) is 0 Å². The molecule has 0 bridgehead atoms. The van der Waals surface area contributed by atoms with Crippen LogP contribution in [0.25, 0.3) is 11.2 Å². The molecule has 0 aliphatic carbocycles. The predicted molar refractivity (Wildman–Crippen MR) is 131 cm³/mol. The first-order valence-electron chi connectivity index (χ1n) is 10.9. The molecule has 2 unspecified atom stereocenters. The summed E-state index contributed by atoms with van der Waals surface area (Å²) in [4.78, 5) is 42.6. The SMILES string of the molecule is CN(Cc1ccccc1)c1nc(Cl)nc2c1ncn2[C@@H]1O[C@H](CCP(=O)(O)CP(=O)(O)O)C(O)[C@@H]1O. The maximum absolute atomic E-state index is 12.1. The van der Waals surface area contributed by atoms with Crippen LogP contribution < -0.4 is 4.90 Å². The molecular weight excluding hydrogens is 536 g/mol. The number of rotatable bonds is 9. The number of hydrogen-bond acceptors (Lipinski definition) is 9. The average Bonchev–Trinajstić information content (AvgIpc) is 3.31. The van der Waals surface area contributed by atoms with E-state index in [4.69, 9.17) is 26.1 Å². The topological polar surface area (TPSA) is 191 Å². The number of benzene rings is 1. The molecule has 0 radical (unpaired) electrons. The Labute approximate surface area is 211 Å². The molecule has 1 aromatic carbocycles. The Balaban J connectivity index is 1.56. The Bertz CT molecular complexity index is 1320. The highest BCUT2D eigenvalue weighted by atomic mass is 35.5. The third-order valence-electron chi connectivity index (χ3n) is 5.78. The van der Waals surface area contributed by atoms with Gasteiger partial charge in [-0.05, 0) is 23.6 Å². The fourth-order valence-electron chi connectivity index (χ4n) is 4.15. The minimum atomic E-state index is -4.70. The molecule has 5 N–H and O–H groups in total. The molecule has 5 atom stereocenters. The van der Waals surface area contributed by atoms with Crippen molar-refractivity contribution in [2.24, 2.45) is 0 Å². The van der Waals surface area contributed by atoms with Gasteiger partial charge in [-0.1, -0.05) is 30.3 Å². The third kappa shape index (κ3) is 6.13. The Morgan fingerprint density at radius 1 is 1.11 bits per heavy atom. The van der Waals surface area contributed by atoms with Crippen molar-refractivity contribution in [3.8, 4) is 0 Å². The summed E-state index contributed by atoms with van der Waals surface area (Å²) >= 11 is 6.19. The number of hydrogen-bond donors (Lipinski definition) is 5. The molecule has 36 heavy (non-hydrogen) atoms. The minimum absolute atomic E-state index is 0.0672. The minimum Gasteiger partial charge on any atom is -0.388 e. The van der Waals surface area contributed by atoms with Crippen molar-refractivity contribution in [2.45, 2.75) is 37.5 Å². The summed E-state index contributed by atoms with van der Waals surface area (Å²) in [6, 6.07) is 9.68. The summed E-state index contributed by atoms with van der Waals surface area (Å²) in [5.74, 6) is -0.730. The normalized spacial score (nSPS) is 24.2. The predicted octanol–water partition coefficient (Wildman–Crippen LogP) is 1.53. The number of anilines is 1. The maximum Gasteiger partial charge on any atom is 0.335 e. The lowest BCUT2D eigenvalue weighted by molar-refractivity contribution is -0.0354. The second kappa shape index (κ2) is 10.4. The number of aliphatic hydroxyl groups is 2. The second-order valence-corrected chi connectivity index (χ2v) is 13.6. The summed E-state index contributed by atoms with van der Waals surface area (Å²) in [6.45, 7) is 0.509. The van der Waals surface area contributed by atoms with E-state index in [1.807, 2.05) is 42.3 Å². The molecule has 1 fully saturated rings. The number of aromatic nitrogens is 4. The summed E-state index contributed by atoms with van der Waals surface area (Å²) in [6.07, 6.45) is -4.44. The molecule has 196 valence electrons. The number of nitrogens with zero attached hydrogens (tertiary/aromatic N) is 5. The quantitative estimate of drug-likeness (QED) is 0.187. The van der Waals surface area contributed by atoms with Gasteiger partial charge in [-0.2, -0.15) is 9.97 Å². The van der Waals surface area contributed by atoms with Crippen molar-refractivity contribution in [3.05, 3.63) is 47.5 Å². The molecule has 1 saturated heterocycles. The van der Waals surface area contributed by atoms with Crippen LogP contribution in [0.3, 0.4) is 0 Å². The summed E-state index contributed by atoms with van der Waals surface area (Å²) in [5.41, 5.74) is 1.66. The smallest absolute Gasteiger partial charge is 0.335 e. The van der Waals surface area contributed by atoms with Gasteiger partial charge in [0.2, 0.25) is 12.7 Å². The molecule has 16 heteroatoms. The van der Waals surface area contributed by atoms with Crippen molar-refractivity contribution in [1.82, 2.24) is 19.5 Å². The molecule has 1 aliphatic heterocycles. The lowest BCUT2D eigenvalue weighted by Gasteiger charge is -2.20. The number of halogens is 1. The summed E-state index contributed by atoms with van der Waals surface area (Å²) < 4.78 is 30.4.